The molecule has 2 atom stereocenters. The first-order chi connectivity index (χ1) is 20.2. The molecule has 0 spiro atoms. The van der Waals surface area contributed by atoms with Gasteiger partial charge in [-0.05, 0) is 43.9 Å². The number of pyridine rings is 1. The van der Waals surface area contributed by atoms with Gasteiger partial charge in [0.2, 0.25) is 5.91 Å². The highest BCUT2D eigenvalue weighted by Gasteiger charge is 2.30. The third-order valence-electron chi connectivity index (χ3n) is 8.52. The molecule has 1 saturated carbocycles. The van der Waals surface area contributed by atoms with E-state index in [1.165, 1.54) is 21.7 Å². The molecule has 5 heterocycles. The van der Waals surface area contributed by atoms with E-state index in [2.05, 4.69) is 9.88 Å². The molecule has 2 N–H and O–H groups in total. The van der Waals surface area contributed by atoms with Crippen molar-refractivity contribution in [2.45, 2.75) is 45.3 Å². The zero-order valence-corrected chi connectivity index (χ0v) is 23.3. The Balaban J connectivity index is 1.28. The number of para-hydroxylation sites is 1. The highest BCUT2D eigenvalue weighted by atomic mass is 19.1. The molecule has 42 heavy (non-hydrogen) atoms. The summed E-state index contributed by atoms with van der Waals surface area (Å²) in [6.45, 7) is 3.53. The molecule has 3 aliphatic rings. The van der Waals surface area contributed by atoms with Crippen LogP contribution in [-0.4, -0.2) is 69.0 Å². The van der Waals surface area contributed by atoms with Crippen LogP contribution in [0.1, 0.15) is 41.6 Å². The topological polar surface area (TPSA) is 105 Å². The van der Waals surface area contributed by atoms with Crippen LogP contribution < -0.4 is 10.1 Å². The third kappa shape index (κ3) is 4.80. The van der Waals surface area contributed by atoms with Gasteiger partial charge in [0, 0.05) is 54.7 Å². The van der Waals surface area contributed by atoms with E-state index in [1.54, 1.807) is 0 Å². The standard InChI is InChI=1S/C31H32F2N6O3/c1-17-28(36-39-13-21(8-24(33)29(17)39)31(41)37-14-22(32)10-23(34)15-37)25-9-20-3-2-4-26(30(20)38(25)12-18-5-6-18)42-16-19-7-27(40)35-11-19/h2-4,8-9,13,18-19,22,34H,5-7,10-12,14-16H2,1H3,(H,35,40)/t19?,22-/m1/s1. The lowest BCUT2D eigenvalue weighted by Crippen LogP contribution is -2.45. The zero-order chi connectivity index (χ0) is 29.1. The molecule has 2 saturated heterocycles. The molecule has 1 aromatic carbocycles. The summed E-state index contributed by atoms with van der Waals surface area (Å²) in [4.78, 5) is 26.1. The maximum Gasteiger partial charge on any atom is 0.255 e. The van der Waals surface area contributed by atoms with Gasteiger partial charge in [-0.2, -0.15) is 5.10 Å². The van der Waals surface area contributed by atoms with E-state index in [0.29, 0.717) is 36.7 Å². The minimum Gasteiger partial charge on any atom is -0.491 e. The van der Waals surface area contributed by atoms with Gasteiger partial charge in [-0.25, -0.2) is 13.3 Å². The van der Waals surface area contributed by atoms with Crippen molar-refractivity contribution in [1.29, 1.82) is 5.41 Å². The van der Waals surface area contributed by atoms with Crippen LogP contribution in [0.4, 0.5) is 8.78 Å². The van der Waals surface area contributed by atoms with E-state index in [1.807, 2.05) is 31.2 Å². The molecular weight excluding hydrogens is 542 g/mol. The zero-order valence-electron chi connectivity index (χ0n) is 23.3. The summed E-state index contributed by atoms with van der Waals surface area (Å²) < 4.78 is 39.5. The Morgan fingerprint density at radius 2 is 2.02 bits per heavy atom. The van der Waals surface area contributed by atoms with E-state index in [4.69, 9.17) is 15.2 Å². The number of aryl methyl sites for hydroxylation is 1. The lowest BCUT2D eigenvalue weighted by Gasteiger charge is -2.29. The highest BCUT2D eigenvalue weighted by Crippen LogP contribution is 2.40. The Kier molecular flexibility index (Phi) is 6.47. The van der Waals surface area contributed by atoms with Gasteiger partial charge in [0.15, 0.2) is 0 Å². The number of carbonyl (C=O) groups is 2. The number of ether oxygens (including phenoxy) is 1. The first-order valence-electron chi connectivity index (χ1n) is 14.5. The molecule has 9 nitrogen and oxygen atoms in total. The monoisotopic (exact) mass is 574 g/mol. The number of piperidine rings is 1. The van der Waals surface area contributed by atoms with Crippen LogP contribution >= 0.6 is 0 Å². The third-order valence-corrected chi connectivity index (χ3v) is 8.52. The molecule has 1 unspecified atom stereocenters. The quantitative estimate of drug-likeness (QED) is 0.338. The molecule has 2 aliphatic heterocycles. The van der Waals surface area contributed by atoms with Crippen LogP contribution in [-0.2, 0) is 11.3 Å². The van der Waals surface area contributed by atoms with E-state index < -0.39 is 17.9 Å². The minimum atomic E-state index is -1.30. The lowest BCUT2D eigenvalue weighted by atomic mass is 10.1. The molecule has 3 aromatic heterocycles. The van der Waals surface area contributed by atoms with Crippen LogP contribution in [0.25, 0.3) is 27.8 Å². The largest absolute Gasteiger partial charge is 0.491 e. The minimum absolute atomic E-state index is 0.0119. The Morgan fingerprint density at radius 3 is 2.76 bits per heavy atom. The number of alkyl halides is 1. The molecule has 218 valence electrons. The van der Waals surface area contributed by atoms with Crippen molar-refractivity contribution >= 4 is 33.9 Å². The molecular formula is C31H32F2N6O3. The predicted octanol–water partition coefficient (Wildman–Crippen LogP) is 4.53. The van der Waals surface area contributed by atoms with Crippen LogP contribution in [0, 0.1) is 30.0 Å². The molecule has 0 bridgehead atoms. The van der Waals surface area contributed by atoms with Crippen molar-refractivity contribution < 1.29 is 23.1 Å². The van der Waals surface area contributed by atoms with Gasteiger partial charge in [0.25, 0.3) is 5.91 Å². The molecule has 2 amide bonds. The first kappa shape index (κ1) is 26.6. The highest BCUT2D eigenvalue weighted by molar-refractivity contribution is 5.98. The maximum atomic E-state index is 15.6. The van der Waals surface area contributed by atoms with Gasteiger partial charge >= 0.3 is 0 Å². The smallest absolute Gasteiger partial charge is 0.255 e. The number of nitrogens with zero attached hydrogens (tertiary/aromatic N) is 4. The number of likely N-dealkylation sites (tertiary alicyclic amines) is 1. The van der Waals surface area contributed by atoms with E-state index in [-0.39, 0.29) is 48.1 Å². The van der Waals surface area contributed by atoms with Crippen LogP contribution in [0.3, 0.4) is 0 Å². The van der Waals surface area contributed by atoms with Crippen molar-refractivity contribution in [3.05, 3.63) is 53.5 Å². The average molecular weight is 575 g/mol. The Hall–Kier alpha value is -4.28. The van der Waals surface area contributed by atoms with Crippen molar-refractivity contribution in [3.8, 4) is 17.1 Å². The second-order valence-corrected chi connectivity index (χ2v) is 11.9. The second-order valence-electron chi connectivity index (χ2n) is 11.9. The van der Waals surface area contributed by atoms with Crippen LogP contribution in [0.5, 0.6) is 5.75 Å². The van der Waals surface area contributed by atoms with Gasteiger partial charge in [-0.3, -0.25) is 9.59 Å². The number of fused-ring (bicyclic) bond motifs is 2. The summed E-state index contributed by atoms with van der Waals surface area (Å²) in [6.07, 6.45) is 2.92. The van der Waals surface area contributed by atoms with Crippen LogP contribution in [0.2, 0.25) is 0 Å². The molecule has 4 aromatic rings. The van der Waals surface area contributed by atoms with E-state index in [9.17, 15) is 14.0 Å². The fourth-order valence-corrected chi connectivity index (χ4v) is 6.24. The number of hydrogen-bond donors (Lipinski definition) is 2. The summed E-state index contributed by atoms with van der Waals surface area (Å²) in [7, 11) is 0. The number of halogens is 2. The van der Waals surface area contributed by atoms with Gasteiger partial charge in [0.1, 0.15) is 28.9 Å². The maximum absolute atomic E-state index is 15.6. The molecule has 3 fully saturated rings. The fourth-order valence-electron chi connectivity index (χ4n) is 6.24. The van der Waals surface area contributed by atoms with Crippen molar-refractivity contribution in [1.82, 2.24) is 24.4 Å². The normalized spacial score (nSPS) is 21.0. The summed E-state index contributed by atoms with van der Waals surface area (Å²) in [6, 6.07) is 9.13. The van der Waals surface area contributed by atoms with Crippen LogP contribution in [0.15, 0.2) is 36.5 Å². The summed E-state index contributed by atoms with van der Waals surface area (Å²) in [5.74, 6) is 0.312. The fraction of sp³-hybridized carbons (Fsp3) is 0.419. The van der Waals surface area contributed by atoms with Gasteiger partial charge < -0.3 is 24.9 Å². The number of hydrogen-bond acceptors (Lipinski definition) is 5. The lowest BCUT2D eigenvalue weighted by molar-refractivity contribution is -0.119. The molecule has 1 aliphatic carbocycles. The molecule has 7 rings (SSSR count). The van der Waals surface area contributed by atoms with Crippen molar-refractivity contribution in [3.63, 3.8) is 0 Å². The van der Waals surface area contributed by atoms with Crippen molar-refractivity contribution in [2.24, 2.45) is 11.8 Å². The molecule has 11 heteroatoms. The number of benzene rings is 1. The number of carbonyl (C=O) groups excluding carboxylic acids is 2. The summed E-state index contributed by atoms with van der Waals surface area (Å²) in [5, 5.41) is 16.5. The van der Waals surface area contributed by atoms with Gasteiger partial charge in [-0.1, -0.05) is 12.1 Å². The number of aromatic nitrogens is 3. The second kappa shape index (κ2) is 10.2. The van der Waals surface area contributed by atoms with Gasteiger partial charge in [-0.15, -0.1) is 0 Å². The Bertz CT molecular complexity index is 1760. The number of nitrogens with one attached hydrogen (secondary N) is 2. The average Bonchev–Trinajstić information content (AvgIpc) is 3.41. The molecule has 0 radical (unpaired) electrons. The Labute approximate surface area is 240 Å². The van der Waals surface area contributed by atoms with Crippen molar-refractivity contribution in [2.75, 3.05) is 26.2 Å². The number of amides is 2. The SMILES string of the molecule is Cc1c(-c2cc3cccc(OCC4CNC(=O)C4)c3n2CC2CC2)nn2cc(C(=O)N3CC(=N)C[C@@H](F)C3)cc(F)c12. The predicted molar refractivity (Wildman–Crippen MR) is 153 cm³/mol. The van der Waals surface area contributed by atoms with E-state index in [0.717, 1.165) is 41.7 Å². The summed E-state index contributed by atoms with van der Waals surface area (Å²) in [5.41, 5.74) is 3.51. The summed E-state index contributed by atoms with van der Waals surface area (Å²) >= 11 is 0. The number of rotatable bonds is 7. The van der Waals surface area contributed by atoms with E-state index >= 15 is 4.39 Å². The van der Waals surface area contributed by atoms with Gasteiger partial charge in [0.05, 0.1) is 36.5 Å². The first-order valence-corrected chi connectivity index (χ1v) is 14.5. The Morgan fingerprint density at radius 1 is 1.19 bits per heavy atom.